The molecular formula is C20H28N2O3. The van der Waals surface area contributed by atoms with Crippen LogP contribution in [0.15, 0.2) is 24.3 Å². The van der Waals surface area contributed by atoms with Crippen molar-refractivity contribution in [2.45, 2.75) is 37.1 Å². The quantitative estimate of drug-likeness (QED) is 0.838. The third-order valence-corrected chi connectivity index (χ3v) is 6.06. The molecule has 2 aliphatic heterocycles. The third kappa shape index (κ3) is 3.27. The first-order valence-corrected chi connectivity index (χ1v) is 9.49. The van der Waals surface area contributed by atoms with Crippen LogP contribution < -0.4 is 4.74 Å². The monoisotopic (exact) mass is 344 g/mol. The van der Waals surface area contributed by atoms with E-state index >= 15 is 0 Å². The molecule has 5 nitrogen and oxygen atoms in total. The maximum atomic E-state index is 13.5. The standard InChI is InChI=1S/C20H28N2O3/c1-24-18-6-2-16(3-7-18)20(8-14-25-15-9-20)19(23)22-12-10-21(11-13-22)17-4-5-17/h2-3,6-7,17H,4-5,8-15H2,1H3. The third-order valence-electron chi connectivity index (χ3n) is 6.06. The van der Waals surface area contributed by atoms with Gasteiger partial charge in [-0.15, -0.1) is 0 Å². The van der Waals surface area contributed by atoms with E-state index in [0.29, 0.717) is 13.2 Å². The minimum atomic E-state index is -0.438. The van der Waals surface area contributed by atoms with E-state index in [1.165, 1.54) is 12.8 Å². The van der Waals surface area contributed by atoms with Crippen molar-refractivity contribution in [2.75, 3.05) is 46.5 Å². The van der Waals surface area contributed by atoms with Gasteiger partial charge in [-0.25, -0.2) is 0 Å². The fourth-order valence-electron chi connectivity index (χ4n) is 4.29. The van der Waals surface area contributed by atoms with Crippen LogP contribution in [-0.2, 0) is 14.9 Å². The molecule has 5 heteroatoms. The summed E-state index contributed by atoms with van der Waals surface area (Å²) in [6.45, 7) is 5.05. The van der Waals surface area contributed by atoms with Crippen molar-refractivity contribution in [1.29, 1.82) is 0 Å². The molecule has 0 N–H and O–H groups in total. The number of piperazine rings is 1. The SMILES string of the molecule is COc1ccc(C2(C(=O)N3CCN(C4CC4)CC3)CCOCC2)cc1. The van der Waals surface area contributed by atoms with Gasteiger partial charge in [0.15, 0.2) is 0 Å². The van der Waals surface area contributed by atoms with Gasteiger partial charge in [-0.2, -0.15) is 0 Å². The maximum absolute atomic E-state index is 13.5. The average Bonchev–Trinajstić information content (AvgIpc) is 3.53. The zero-order valence-corrected chi connectivity index (χ0v) is 15.1. The molecule has 0 atom stereocenters. The van der Waals surface area contributed by atoms with Crippen LogP contribution in [0, 0.1) is 0 Å². The first kappa shape index (κ1) is 16.9. The number of benzene rings is 1. The molecule has 1 aromatic rings. The fraction of sp³-hybridized carbons (Fsp3) is 0.650. The van der Waals surface area contributed by atoms with Crippen LogP contribution in [0.2, 0.25) is 0 Å². The van der Waals surface area contributed by atoms with E-state index in [2.05, 4.69) is 21.9 Å². The molecule has 1 aromatic carbocycles. The van der Waals surface area contributed by atoms with E-state index in [9.17, 15) is 4.79 Å². The van der Waals surface area contributed by atoms with Crippen molar-refractivity contribution in [3.8, 4) is 5.75 Å². The Hall–Kier alpha value is -1.59. The predicted molar refractivity (Wildman–Crippen MR) is 95.9 cm³/mol. The number of methoxy groups -OCH3 is 1. The van der Waals surface area contributed by atoms with Gasteiger partial charge in [0.25, 0.3) is 0 Å². The number of rotatable bonds is 4. The van der Waals surface area contributed by atoms with Crippen LogP contribution in [0.1, 0.15) is 31.2 Å². The Labute approximate surface area is 149 Å². The van der Waals surface area contributed by atoms with Crippen molar-refractivity contribution in [1.82, 2.24) is 9.80 Å². The Morgan fingerprint density at radius 2 is 1.72 bits per heavy atom. The Morgan fingerprint density at radius 1 is 1.08 bits per heavy atom. The summed E-state index contributed by atoms with van der Waals surface area (Å²) in [7, 11) is 1.67. The molecule has 1 saturated carbocycles. The van der Waals surface area contributed by atoms with Crippen LogP contribution in [-0.4, -0.2) is 68.3 Å². The number of amides is 1. The van der Waals surface area contributed by atoms with E-state index in [4.69, 9.17) is 9.47 Å². The van der Waals surface area contributed by atoms with Gasteiger partial charge in [-0.05, 0) is 43.4 Å². The minimum Gasteiger partial charge on any atom is -0.497 e. The molecule has 4 rings (SSSR count). The lowest BCUT2D eigenvalue weighted by Gasteiger charge is -2.43. The van der Waals surface area contributed by atoms with Crippen molar-refractivity contribution < 1.29 is 14.3 Å². The first-order valence-electron chi connectivity index (χ1n) is 9.49. The summed E-state index contributed by atoms with van der Waals surface area (Å²) in [6, 6.07) is 8.83. The van der Waals surface area contributed by atoms with E-state index in [-0.39, 0.29) is 5.91 Å². The molecule has 0 spiro atoms. The molecule has 136 valence electrons. The Balaban J connectivity index is 1.54. The van der Waals surface area contributed by atoms with Crippen molar-refractivity contribution >= 4 is 5.91 Å². The number of nitrogens with zero attached hydrogens (tertiary/aromatic N) is 2. The first-order chi connectivity index (χ1) is 12.2. The molecule has 3 fully saturated rings. The molecule has 2 saturated heterocycles. The van der Waals surface area contributed by atoms with Crippen LogP contribution in [0.5, 0.6) is 5.75 Å². The lowest BCUT2D eigenvalue weighted by molar-refractivity contribution is -0.143. The second kappa shape index (κ2) is 6.96. The van der Waals surface area contributed by atoms with E-state index in [1.807, 2.05) is 12.1 Å². The van der Waals surface area contributed by atoms with E-state index < -0.39 is 5.41 Å². The van der Waals surface area contributed by atoms with Gasteiger partial charge < -0.3 is 14.4 Å². The topological polar surface area (TPSA) is 42.0 Å². The number of carbonyl (C=O) groups excluding carboxylic acids is 1. The Bertz CT molecular complexity index is 598. The van der Waals surface area contributed by atoms with Crippen molar-refractivity contribution in [3.63, 3.8) is 0 Å². The highest BCUT2D eigenvalue weighted by atomic mass is 16.5. The molecule has 3 aliphatic rings. The number of ether oxygens (including phenoxy) is 2. The highest BCUT2D eigenvalue weighted by molar-refractivity contribution is 5.88. The Kier molecular flexibility index (Phi) is 4.69. The number of hydrogen-bond donors (Lipinski definition) is 0. The van der Waals surface area contributed by atoms with Crippen LogP contribution in [0.4, 0.5) is 0 Å². The van der Waals surface area contributed by atoms with Gasteiger partial charge >= 0.3 is 0 Å². The second-order valence-corrected chi connectivity index (χ2v) is 7.48. The average molecular weight is 344 g/mol. The molecule has 2 heterocycles. The van der Waals surface area contributed by atoms with Crippen LogP contribution in [0.25, 0.3) is 0 Å². The molecule has 0 aromatic heterocycles. The molecule has 0 unspecified atom stereocenters. The highest BCUT2D eigenvalue weighted by Crippen LogP contribution is 2.38. The highest BCUT2D eigenvalue weighted by Gasteiger charge is 2.45. The van der Waals surface area contributed by atoms with Gasteiger partial charge in [0.1, 0.15) is 5.75 Å². The summed E-state index contributed by atoms with van der Waals surface area (Å²) in [6.07, 6.45) is 4.20. The van der Waals surface area contributed by atoms with E-state index in [1.54, 1.807) is 7.11 Å². The van der Waals surface area contributed by atoms with Crippen molar-refractivity contribution in [3.05, 3.63) is 29.8 Å². The zero-order valence-electron chi connectivity index (χ0n) is 15.1. The predicted octanol–water partition coefficient (Wildman–Crippen LogP) is 2.05. The van der Waals surface area contributed by atoms with Gasteiger partial charge in [0, 0.05) is 45.4 Å². The molecule has 0 bridgehead atoms. The molecule has 1 aliphatic carbocycles. The lowest BCUT2D eigenvalue weighted by atomic mass is 9.73. The lowest BCUT2D eigenvalue weighted by Crippen LogP contribution is -2.56. The van der Waals surface area contributed by atoms with Crippen LogP contribution in [0.3, 0.4) is 0 Å². The van der Waals surface area contributed by atoms with Crippen LogP contribution >= 0.6 is 0 Å². The summed E-state index contributed by atoms with van der Waals surface area (Å²) >= 11 is 0. The maximum Gasteiger partial charge on any atom is 0.233 e. The van der Waals surface area contributed by atoms with Gasteiger partial charge in [-0.3, -0.25) is 9.69 Å². The molecular weight excluding hydrogens is 316 g/mol. The smallest absolute Gasteiger partial charge is 0.233 e. The Morgan fingerprint density at radius 3 is 2.28 bits per heavy atom. The van der Waals surface area contributed by atoms with Gasteiger partial charge in [0.2, 0.25) is 5.91 Å². The molecule has 25 heavy (non-hydrogen) atoms. The molecule has 1 amide bonds. The normalized spacial score (nSPS) is 24.1. The summed E-state index contributed by atoms with van der Waals surface area (Å²) in [5, 5.41) is 0. The second-order valence-electron chi connectivity index (χ2n) is 7.48. The van der Waals surface area contributed by atoms with E-state index in [0.717, 1.165) is 56.4 Å². The summed E-state index contributed by atoms with van der Waals surface area (Å²) in [5.41, 5.74) is 0.665. The summed E-state index contributed by atoms with van der Waals surface area (Å²) < 4.78 is 10.9. The van der Waals surface area contributed by atoms with Gasteiger partial charge in [0.05, 0.1) is 12.5 Å². The summed E-state index contributed by atoms with van der Waals surface area (Å²) in [5.74, 6) is 1.12. The largest absolute Gasteiger partial charge is 0.497 e. The van der Waals surface area contributed by atoms with Crippen molar-refractivity contribution in [2.24, 2.45) is 0 Å². The zero-order chi connectivity index (χ0) is 17.3. The fourth-order valence-corrected chi connectivity index (χ4v) is 4.29. The number of hydrogen-bond acceptors (Lipinski definition) is 4. The number of carbonyl (C=O) groups is 1. The van der Waals surface area contributed by atoms with Gasteiger partial charge in [-0.1, -0.05) is 12.1 Å². The summed E-state index contributed by atoms with van der Waals surface area (Å²) in [4.78, 5) is 18.2. The minimum absolute atomic E-state index is 0.288. The molecule has 0 radical (unpaired) electrons.